The van der Waals surface area contributed by atoms with Crippen LogP contribution in [0.15, 0.2) is 41.4 Å². The van der Waals surface area contributed by atoms with E-state index in [1.165, 1.54) is 5.56 Å². The van der Waals surface area contributed by atoms with Crippen LogP contribution >= 0.6 is 15.9 Å². The first-order chi connectivity index (χ1) is 6.34. The maximum Gasteiger partial charge on any atom is 0.137 e. The molecule has 0 aliphatic heterocycles. The molecule has 0 saturated carbocycles. The monoisotopic (exact) mass is 237 g/mol. The Morgan fingerprint density at radius 3 is 2.62 bits per heavy atom. The van der Waals surface area contributed by atoms with Crippen LogP contribution in [-0.2, 0) is 6.54 Å². The van der Waals surface area contributed by atoms with E-state index in [1.807, 2.05) is 12.1 Å². The highest BCUT2D eigenvalue weighted by Crippen LogP contribution is 2.10. The van der Waals surface area contributed by atoms with Crippen LogP contribution in [0.3, 0.4) is 0 Å². The molecule has 0 aliphatic carbocycles. The molecule has 2 rings (SSSR count). The van der Waals surface area contributed by atoms with Gasteiger partial charge in [-0.15, -0.1) is 0 Å². The first kappa shape index (κ1) is 8.44. The summed E-state index contributed by atoms with van der Waals surface area (Å²) in [7, 11) is 0. The third-order valence-corrected chi connectivity index (χ3v) is 2.25. The molecule has 3 nitrogen and oxygen atoms in total. The zero-order chi connectivity index (χ0) is 9.10. The summed E-state index contributed by atoms with van der Waals surface area (Å²) in [5, 5.41) is 4.03. The molecule has 0 spiro atoms. The van der Waals surface area contributed by atoms with E-state index in [-0.39, 0.29) is 0 Å². The number of aromatic nitrogens is 3. The van der Waals surface area contributed by atoms with E-state index in [4.69, 9.17) is 0 Å². The van der Waals surface area contributed by atoms with Crippen molar-refractivity contribution in [2.24, 2.45) is 0 Å². The second-order valence-corrected chi connectivity index (χ2v) is 3.64. The molecule has 0 radical (unpaired) electrons. The lowest BCUT2D eigenvalue weighted by molar-refractivity contribution is 0.685. The van der Waals surface area contributed by atoms with Crippen molar-refractivity contribution in [1.82, 2.24) is 14.8 Å². The number of halogens is 1. The van der Waals surface area contributed by atoms with Gasteiger partial charge in [0.2, 0.25) is 0 Å². The summed E-state index contributed by atoms with van der Waals surface area (Å²) in [6, 6.07) is 8.16. The van der Waals surface area contributed by atoms with Crippen molar-refractivity contribution in [2.75, 3.05) is 0 Å². The maximum absolute atomic E-state index is 4.03. The number of rotatable bonds is 2. The largest absolute Gasteiger partial charge is 0.249 e. The van der Waals surface area contributed by atoms with Gasteiger partial charge >= 0.3 is 0 Å². The molecule has 0 aliphatic rings. The number of hydrogen-bond acceptors (Lipinski definition) is 2. The van der Waals surface area contributed by atoms with Crippen LogP contribution in [0.2, 0.25) is 0 Å². The molecule has 1 aromatic carbocycles. The Balaban J connectivity index is 2.15. The van der Waals surface area contributed by atoms with Gasteiger partial charge in [0.05, 0.1) is 6.54 Å². The van der Waals surface area contributed by atoms with Crippen molar-refractivity contribution in [3.63, 3.8) is 0 Å². The van der Waals surface area contributed by atoms with Crippen LogP contribution in [0, 0.1) is 0 Å². The van der Waals surface area contributed by atoms with Crippen LogP contribution < -0.4 is 0 Å². The molecule has 0 amide bonds. The number of nitrogens with zero attached hydrogens (tertiary/aromatic N) is 3. The number of benzene rings is 1. The highest BCUT2D eigenvalue weighted by molar-refractivity contribution is 9.10. The molecule has 0 unspecified atom stereocenters. The van der Waals surface area contributed by atoms with Gasteiger partial charge in [0.15, 0.2) is 0 Å². The van der Waals surface area contributed by atoms with Crippen molar-refractivity contribution in [2.45, 2.75) is 6.54 Å². The molecule has 0 N–H and O–H groups in total. The Labute approximate surface area is 84.5 Å². The Kier molecular flexibility index (Phi) is 2.40. The minimum atomic E-state index is 0.771. The molecule has 13 heavy (non-hydrogen) atoms. The van der Waals surface area contributed by atoms with E-state index in [9.17, 15) is 0 Å². The van der Waals surface area contributed by atoms with E-state index in [0.29, 0.717) is 0 Å². The van der Waals surface area contributed by atoms with Gasteiger partial charge in [-0.3, -0.25) is 0 Å². The highest BCUT2D eigenvalue weighted by Gasteiger charge is 1.94. The second kappa shape index (κ2) is 3.70. The first-order valence-corrected chi connectivity index (χ1v) is 4.71. The van der Waals surface area contributed by atoms with E-state index >= 15 is 0 Å². The molecule has 0 fully saturated rings. The van der Waals surface area contributed by atoms with Crippen LogP contribution in [0.4, 0.5) is 0 Å². The second-order valence-electron chi connectivity index (χ2n) is 2.72. The Hall–Kier alpha value is -1.16. The number of hydrogen-bond donors (Lipinski definition) is 0. The van der Waals surface area contributed by atoms with Gasteiger partial charge in [0, 0.05) is 4.47 Å². The Bertz CT molecular complexity index is 366. The van der Waals surface area contributed by atoms with Gasteiger partial charge in [-0.2, -0.15) is 5.10 Å². The smallest absolute Gasteiger partial charge is 0.137 e. The molecular weight excluding hydrogens is 230 g/mol. The fourth-order valence-electron chi connectivity index (χ4n) is 1.09. The summed E-state index contributed by atoms with van der Waals surface area (Å²) in [6.07, 6.45) is 3.25. The molecule has 0 atom stereocenters. The van der Waals surface area contributed by atoms with Gasteiger partial charge in [-0.25, -0.2) is 9.67 Å². The summed E-state index contributed by atoms with van der Waals surface area (Å²) < 4.78 is 2.89. The van der Waals surface area contributed by atoms with Gasteiger partial charge in [0.1, 0.15) is 12.7 Å². The lowest BCUT2D eigenvalue weighted by Gasteiger charge is -2.00. The van der Waals surface area contributed by atoms with E-state index in [1.54, 1.807) is 17.3 Å². The van der Waals surface area contributed by atoms with Gasteiger partial charge in [-0.05, 0) is 17.7 Å². The maximum atomic E-state index is 4.03. The lowest BCUT2D eigenvalue weighted by Crippen LogP contribution is -1.99. The molecule has 0 saturated heterocycles. The minimum Gasteiger partial charge on any atom is -0.249 e. The van der Waals surface area contributed by atoms with Crippen LogP contribution in [0.25, 0.3) is 0 Å². The molecule has 1 aromatic heterocycles. The summed E-state index contributed by atoms with van der Waals surface area (Å²) in [5.41, 5.74) is 1.22. The molecule has 2 aromatic rings. The quantitative estimate of drug-likeness (QED) is 0.801. The molecule has 0 bridgehead atoms. The fraction of sp³-hybridized carbons (Fsp3) is 0.111. The van der Waals surface area contributed by atoms with Crippen LogP contribution in [-0.4, -0.2) is 14.8 Å². The predicted molar refractivity (Wildman–Crippen MR) is 53.3 cm³/mol. The third kappa shape index (κ3) is 2.15. The minimum absolute atomic E-state index is 0.771. The van der Waals surface area contributed by atoms with Crippen molar-refractivity contribution in [3.8, 4) is 0 Å². The SMILES string of the molecule is Brc1ccc(Cn2cncn2)cc1. The topological polar surface area (TPSA) is 30.7 Å². The summed E-state index contributed by atoms with van der Waals surface area (Å²) in [4.78, 5) is 3.88. The average Bonchev–Trinajstić information content (AvgIpc) is 2.62. The first-order valence-electron chi connectivity index (χ1n) is 3.91. The van der Waals surface area contributed by atoms with E-state index in [0.717, 1.165) is 11.0 Å². The van der Waals surface area contributed by atoms with Crippen molar-refractivity contribution in [1.29, 1.82) is 0 Å². The Morgan fingerprint density at radius 2 is 2.00 bits per heavy atom. The van der Waals surface area contributed by atoms with E-state index < -0.39 is 0 Å². The normalized spacial score (nSPS) is 10.2. The van der Waals surface area contributed by atoms with Crippen molar-refractivity contribution < 1.29 is 0 Å². The van der Waals surface area contributed by atoms with Gasteiger partial charge in [0.25, 0.3) is 0 Å². The molecular formula is C9H8BrN3. The highest BCUT2D eigenvalue weighted by atomic mass is 79.9. The van der Waals surface area contributed by atoms with E-state index in [2.05, 4.69) is 38.1 Å². The van der Waals surface area contributed by atoms with Gasteiger partial charge < -0.3 is 0 Å². The van der Waals surface area contributed by atoms with Crippen LogP contribution in [0.1, 0.15) is 5.56 Å². The van der Waals surface area contributed by atoms with Gasteiger partial charge in [-0.1, -0.05) is 28.1 Å². The lowest BCUT2D eigenvalue weighted by atomic mass is 10.2. The molecule has 4 heteroatoms. The molecule has 66 valence electrons. The summed E-state index contributed by atoms with van der Waals surface area (Å²) in [5.74, 6) is 0. The zero-order valence-electron chi connectivity index (χ0n) is 6.89. The third-order valence-electron chi connectivity index (χ3n) is 1.72. The zero-order valence-corrected chi connectivity index (χ0v) is 8.48. The Morgan fingerprint density at radius 1 is 1.23 bits per heavy atom. The molecule has 1 heterocycles. The standard InChI is InChI=1S/C9H8BrN3/c10-9-3-1-8(2-4-9)5-13-7-11-6-12-13/h1-4,6-7H,5H2. The predicted octanol–water partition coefficient (Wildman–Crippen LogP) is 2.09. The van der Waals surface area contributed by atoms with Crippen molar-refractivity contribution >= 4 is 15.9 Å². The van der Waals surface area contributed by atoms with Crippen molar-refractivity contribution in [3.05, 3.63) is 47.0 Å². The summed E-state index contributed by atoms with van der Waals surface area (Å²) in [6.45, 7) is 0.771. The summed E-state index contributed by atoms with van der Waals surface area (Å²) >= 11 is 3.39. The average molecular weight is 238 g/mol. The fourth-order valence-corrected chi connectivity index (χ4v) is 1.36. The van der Waals surface area contributed by atoms with Crippen LogP contribution in [0.5, 0.6) is 0 Å².